The van der Waals surface area contributed by atoms with Crippen molar-refractivity contribution in [3.05, 3.63) is 0 Å². The summed E-state index contributed by atoms with van der Waals surface area (Å²) in [5, 5.41) is 17.7. The van der Waals surface area contributed by atoms with E-state index in [-0.39, 0.29) is 25.7 Å². The Bertz CT molecular complexity index is 202. The zero-order valence-corrected chi connectivity index (χ0v) is 14.1. The molecule has 2 unspecified atom stereocenters. The number of rotatable bonds is 15. The van der Waals surface area contributed by atoms with Crippen LogP contribution in [0.15, 0.2) is 0 Å². The molecule has 0 radical (unpaired) electrons. The normalized spacial score (nSPS) is 14.6. The largest absolute Gasteiger partial charge is 0.394 e. The van der Waals surface area contributed by atoms with Gasteiger partial charge in [-0.2, -0.15) is 0 Å². The monoisotopic (exact) mass is 305 g/mol. The Balaban J connectivity index is 4.10. The van der Waals surface area contributed by atoms with E-state index in [1.807, 2.05) is 13.8 Å². The van der Waals surface area contributed by atoms with E-state index in [1.54, 1.807) is 0 Å². The minimum Gasteiger partial charge on any atom is -0.394 e. The Morgan fingerprint density at radius 3 is 1.76 bits per heavy atom. The third kappa shape index (κ3) is 11.1. The van der Waals surface area contributed by atoms with E-state index in [2.05, 4.69) is 11.8 Å². The van der Waals surface area contributed by atoms with Crippen molar-refractivity contribution in [2.75, 3.05) is 33.0 Å². The number of nitrogens with zero attached hydrogens (tertiary/aromatic N) is 1. The predicted molar refractivity (Wildman–Crippen MR) is 85.1 cm³/mol. The van der Waals surface area contributed by atoms with E-state index >= 15 is 0 Å². The van der Waals surface area contributed by atoms with E-state index in [0.717, 1.165) is 13.0 Å². The zero-order chi connectivity index (χ0) is 15.9. The van der Waals surface area contributed by atoms with Crippen molar-refractivity contribution >= 4 is 0 Å². The first-order valence-electron chi connectivity index (χ1n) is 8.38. The predicted octanol–water partition coefficient (Wildman–Crippen LogP) is 2.36. The molecule has 0 bridgehead atoms. The Morgan fingerprint density at radius 2 is 1.29 bits per heavy atom. The van der Waals surface area contributed by atoms with Crippen LogP contribution in [0.1, 0.15) is 59.3 Å². The van der Waals surface area contributed by atoms with Crippen molar-refractivity contribution in [1.82, 2.24) is 4.90 Å². The van der Waals surface area contributed by atoms with Gasteiger partial charge in [-0.3, -0.25) is 4.90 Å². The van der Waals surface area contributed by atoms with Gasteiger partial charge in [-0.25, -0.2) is 0 Å². The van der Waals surface area contributed by atoms with Gasteiger partial charge in [0.2, 0.25) is 0 Å². The maximum Gasteiger partial charge on any atom is 0.109 e. The Kier molecular flexibility index (Phi) is 14.6. The molecule has 2 N–H and O–H groups in total. The number of hydrogen-bond donors (Lipinski definition) is 2. The van der Waals surface area contributed by atoms with Crippen molar-refractivity contribution in [2.24, 2.45) is 0 Å². The fourth-order valence-electron chi connectivity index (χ4n) is 2.37. The van der Waals surface area contributed by atoms with Crippen LogP contribution in [0.4, 0.5) is 0 Å². The molecule has 0 aliphatic heterocycles. The van der Waals surface area contributed by atoms with Gasteiger partial charge in [0.1, 0.15) is 12.5 Å². The summed E-state index contributed by atoms with van der Waals surface area (Å²) >= 11 is 0. The standard InChI is InChI=1S/C16H35NO4/c1-4-5-6-7-8-9-10-17(15(2)20-13-11-18)16(3)21-14-12-19/h15-16,18-19H,4-14H2,1-3H3. The quantitative estimate of drug-likeness (QED) is 0.359. The van der Waals surface area contributed by atoms with Crippen molar-refractivity contribution in [2.45, 2.75) is 71.8 Å². The molecular weight excluding hydrogens is 270 g/mol. The summed E-state index contributed by atoms with van der Waals surface area (Å²) in [7, 11) is 0. The molecule has 2 atom stereocenters. The SMILES string of the molecule is CCCCCCCCN(C(C)OCCO)C(C)OCCO. The van der Waals surface area contributed by atoms with Crippen LogP contribution < -0.4 is 0 Å². The van der Waals surface area contributed by atoms with Gasteiger partial charge >= 0.3 is 0 Å². The number of unbranched alkanes of at least 4 members (excludes halogenated alkanes) is 5. The maximum atomic E-state index is 8.87. The highest BCUT2D eigenvalue weighted by molar-refractivity contribution is 4.63. The van der Waals surface area contributed by atoms with E-state index in [9.17, 15) is 0 Å². The number of aliphatic hydroxyl groups excluding tert-OH is 2. The molecule has 0 aliphatic rings. The molecule has 0 aromatic rings. The van der Waals surface area contributed by atoms with Crippen molar-refractivity contribution in [1.29, 1.82) is 0 Å². The van der Waals surface area contributed by atoms with Crippen LogP contribution in [0.5, 0.6) is 0 Å². The third-order valence-corrected chi connectivity index (χ3v) is 3.60. The second-order valence-corrected chi connectivity index (χ2v) is 5.39. The molecule has 21 heavy (non-hydrogen) atoms. The molecule has 0 spiro atoms. The van der Waals surface area contributed by atoms with Crippen LogP contribution in [0.25, 0.3) is 0 Å². The van der Waals surface area contributed by atoms with E-state index in [0.29, 0.717) is 13.2 Å². The average molecular weight is 305 g/mol. The highest BCUT2D eigenvalue weighted by Crippen LogP contribution is 2.12. The molecule has 128 valence electrons. The Labute approximate surface area is 130 Å². The van der Waals surface area contributed by atoms with Crippen molar-refractivity contribution in [3.63, 3.8) is 0 Å². The summed E-state index contributed by atoms with van der Waals surface area (Å²) in [5.41, 5.74) is 0. The van der Waals surface area contributed by atoms with Crippen LogP contribution in [0, 0.1) is 0 Å². The lowest BCUT2D eigenvalue weighted by Gasteiger charge is -2.34. The lowest BCUT2D eigenvalue weighted by molar-refractivity contribution is -0.147. The van der Waals surface area contributed by atoms with Gasteiger partial charge in [0.05, 0.1) is 26.4 Å². The summed E-state index contributed by atoms with van der Waals surface area (Å²) in [5.74, 6) is 0. The fraction of sp³-hybridized carbons (Fsp3) is 1.00. The molecule has 0 aromatic heterocycles. The number of hydrogen-bond acceptors (Lipinski definition) is 5. The van der Waals surface area contributed by atoms with E-state index < -0.39 is 0 Å². The first-order valence-corrected chi connectivity index (χ1v) is 8.38. The number of aliphatic hydroxyl groups is 2. The van der Waals surface area contributed by atoms with Crippen LogP contribution in [0.2, 0.25) is 0 Å². The molecule has 0 rings (SSSR count). The summed E-state index contributed by atoms with van der Waals surface area (Å²) < 4.78 is 11.2. The van der Waals surface area contributed by atoms with Crippen LogP contribution in [-0.4, -0.2) is 60.5 Å². The molecule has 0 aromatic carbocycles. The molecule has 0 aliphatic carbocycles. The molecule has 5 heteroatoms. The third-order valence-electron chi connectivity index (χ3n) is 3.60. The first kappa shape index (κ1) is 20.8. The van der Waals surface area contributed by atoms with Gasteiger partial charge in [-0.1, -0.05) is 39.0 Å². The van der Waals surface area contributed by atoms with Gasteiger partial charge in [0, 0.05) is 6.54 Å². The van der Waals surface area contributed by atoms with Crippen molar-refractivity contribution in [3.8, 4) is 0 Å². The molecule has 0 heterocycles. The second kappa shape index (κ2) is 14.7. The highest BCUT2D eigenvalue weighted by atomic mass is 16.5. The van der Waals surface area contributed by atoms with Crippen LogP contribution >= 0.6 is 0 Å². The average Bonchev–Trinajstić information content (AvgIpc) is 2.49. The molecule has 0 saturated carbocycles. The molecule has 0 fully saturated rings. The van der Waals surface area contributed by atoms with E-state index in [1.165, 1.54) is 32.1 Å². The smallest absolute Gasteiger partial charge is 0.109 e. The van der Waals surface area contributed by atoms with Gasteiger partial charge < -0.3 is 19.7 Å². The summed E-state index contributed by atoms with van der Waals surface area (Å²) in [6.45, 7) is 7.81. The van der Waals surface area contributed by atoms with Crippen LogP contribution in [0.3, 0.4) is 0 Å². The topological polar surface area (TPSA) is 62.2 Å². The van der Waals surface area contributed by atoms with E-state index in [4.69, 9.17) is 19.7 Å². The Hall–Kier alpha value is -0.200. The second-order valence-electron chi connectivity index (χ2n) is 5.39. The van der Waals surface area contributed by atoms with Gasteiger partial charge in [0.15, 0.2) is 0 Å². The number of ether oxygens (including phenoxy) is 2. The fourth-order valence-corrected chi connectivity index (χ4v) is 2.37. The molecular formula is C16H35NO4. The molecule has 5 nitrogen and oxygen atoms in total. The lowest BCUT2D eigenvalue weighted by Crippen LogP contribution is -2.44. The van der Waals surface area contributed by atoms with Gasteiger partial charge in [-0.15, -0.1) is 0 Å². The highest BCUT2D eigenvalue weighted by Gasteiger charge is 2.20. The summed E-state index contributed by atoms with van der Waals surface area (Å²) in [4.78, 5) is 2.14. The Morgan fingerprint density at radius 1 is 0.810 bits per heavy atom. The lowest BCUT2D eigenvalue weighted by atomic mass is 10.1. The summed E-state index contributed by atoms with van der Waals surface area (Å²) in [6.07, 6.45) is 7.31. The first-order chi connectivity index (χ1) is 10.2. The van der Waals surface area contributed by atoms with Crippen molar-refractivity contribution < 1.29 is 19.7 Å². The van der Waals surface area contributed by atoms with Gasteiger partial charge in [0.25, 0.3) is 0 Å². The van der Waals surface area contributed by atoms with Gasteiger partial charge in [-0.05, 0) is 20.3 Å². The maximum absolute atomic E-state index is 8.87. The van der Waals surface area contributed by atoms with Crippen LogP contribution in [-0.2, 0) is 9.47 Å². The summed E-state index contributed by atoms with van der Waals surface area (Å²) in [6, 6.07) is 0. The molecule has 0 saturated heterocycles. The minimum absolute atomic E-state index is 0.0288. The zero-order valence-electron chi connectivity index (χ0n) is 14.1. The molecule has 0 amide bonds. The minimum atomic E-state index is -0.0958.